The molecule has 1 amide bonds. The number of carbonyl (C=O) groups excluding carboxylic acids is 1. The zero-order chi connectivity index (χ0) is 14.0. The van der Waals surface area contributed by atoms with Crippen molar-refractivity contribution in [3.05, 3.63) is 42.0 Å². The first-order valence-electron chi connectivity index (χ1n) is 5.07. The van der Waals surface area contributed by atoms with Gasteiger partial charge in [-0.25, -0.2) is 13.6 Å². The van der Waals surface area contributed by atoms with E-state index in [1.807, 2.05) is 0 Å². The van der Waals surface area contributed by atoms with Gasteiger partial charge in [-0.05, 0) is 24.3 Å². The first-order chi connectivity index (χ1) is 8.88. The Balaban J connectivity index is 2.32. The van der Waals surface area contributed by atoms with E-state index in [0.717, 1.165) is 15.5 Å². The largest absolute Gasteiger partial charge is 0.366 e. The molecule has 0 aliphatic carbocycles. The van der Waals surface area contributed by atoms with E-state index in [-0.39, 0.29) is 4.21 Å². The summed E-state index contributed by atoms with van der Waals surface area (Å²) < 4.78 is 23.2. The number of primary sulfonamides is 1. The van der Waals surface area contributed by atoms with E-state index in [0.29, 0.717) is 10.5 Å². The minimum Gasteiger partial charge on any atom is -0.366 e. The average molecular weight is 314 g/mol. The summed E-state index contributed by atoms with van der Waals surface area (Å²) >= 11 is 2.33. The van der Waals surface area contributed by atoms with Crippen LogP contribution in [-0.4, -0.2) is 14.3 Å². The first kappa shape index (κ1) is 14.1. The Morgan fingerprint density at radius 1 is 1.16 bits per heavy atom. The molecule has 0 radical (unpaired) electrons. The summed E-state index contributed by atoms with van der Waals surface area (Å²) in [5.74, 6) is -0.522. The Hall–Kier alpha value is -1.35. The molecule has 0 saturated heterocycles. The minimum absolute atomic E-state index is 0.0894. The zero-order valence-corrected chi connectivity index (χ0v) is 12.0. The maximum atomic E-state index is 11.3. The van der Waals surface area contributed by atoms with Crippen LogP contribution >= 0.6 is 23.1 Å². The molecule has 0 bridgehead atoms. The van der Waals surface area contributed by atoms with Gasteiger partial charge in [0.25, 0.3) is 0 Å². The van der Waals surface area contributed by atoms with Gasteiger partial charge in [-0.2, -0.15) is 0 Å². The van der Waals surface area contributed by atoms with Crippen LogP contribution in [0.2, 0.25) is 0 Å². The molecule has 1 aromatic carbocycles. The van der Waals surface area contributed by atoms with Crippen LogP contribution in [0.3, 0.4) is 0 Å². The molecule has 8 heteroatoms. The highest BCUT2D eigenvalue weighted by Crippen LogP contribution is 2.36. The van der Waals surface area contributed by atoms with Crippen molar-refractivity contribution in [3.8, 4) is 0 Å². The van der Waals surface area contributed by atoms with E-state index in [9.17, 15) is 13.2 Å². The van der Waals surface area contributed by atoms with Crippen LogP contribution in [0.25, 0.3) is 0 Å². The van der Waals surface area contributed by atoms with Gasteiger partial charge in [0.2, 0.25) is 15.9 Å². The van der Waals surface area contributed by atoms with Crippen LogP contribution in [0.15, 0.2) is 49.7 Å². The van der Waals surface area contributed by atoms with Gasteiger partial charge in [0.1, 0.15) is 4.21 Å². The molecule has 2 rings (SSSR count). The summed E-state index contributed by atoms with van der Waals surface area (Å²) in [6.07, 6.45) is 0. The van der Waals surface area contributed by atoms with Gasteiger partial charge in [-0.15, -0.1) is 11.3 Å². The monoisotopic (exact) mass is 314 g/mol. The van der Waals surface area contributed by atoms with Crippen molar-refractivity contribution in [3.63, 3.8) is 0 Å². The number of carbonyl (C=O) groups is 1. The number of primary amides is 1. The molecule has 0 spiro atoms. The summed E-state index contributed by atoms with van der Waals surface area (Å²) in [4.78, 5) is 12.0. The molecule has 1 heterocycles. The van der Waals surface area contributed by atoms with Crippen molar-refractivity contribution in [2.45, 2.75) is 13.3 Å². The molecule has 0 atom stereocenters. The van der Waals surface area contributed by atoms with Crippen LogP contribution in [-0.2, 0) is 10.0 Å². The van der Waals surface area contributed by atoms with Crippen molar-refractivity contribution >= 4 is 39.0 Å². The van der Waals surface area contributed by atoms with Gasteiger partial charge in [-0.1, -0.05) is 23.9 Å². The lowest BCUT2D eigenvalue weighted by atomic mass is 10.2. The van der Waals surface area contributed by atoms with Crippen LogP contribution < -0.4 is 10.9 Å². The van der Waals surface area contributed by atoms with Gasteiger partial charge in [0.15, 0.2) is 0 Å². The fourth-order valence-corrected chi connectivity index (χ4v) is 4.48. The van der Waals surface area contributed by atoms with Crippen molar-refractivity contribution in [1.82, 2.24) is 0 Å². The average Bonchev–Trinajstić information content (AvgIpc) is 2.77. The summed E-state index contributed by atoms with van der Waals surface area (Å²) in [6.45, 7) is 0. The number of hydrogen-bond acceptors (Lipinski definition) is 5. The standard InChI is InChI=1S/C11H10N2O3S3/c12-11(14)7-3-1-2-4-8(7)17-9-5-6-10(18-9)19(13,15)16/h1-6H,(H2,12,14)(H2,13,15,16). The molecule has 0 fully saturated rings. The van der Waals surface area contributed by atoms with E-state index >= 15 is 0 Å². The molecule has 100 valence electrons. The molecule has 19 heavy (non-hydrogen) atoms. The maximum Gasteiger partial charge on any atom is 0.249 e. The molecular formula is C11H10N2O3S3. The number of amides is 1. The highest BCUT2D eigenvalue weighted by Gasteiger charge is 2.14. The van der Waals surface area contributed by atoms with E-state index in [1.54, 1.807) is 30.3 Å². The molecule has 1 aromatic heterocycles. The number of rotatable bonds is 4. The number of sulfonamides is 1. The van der Waals surface area contributed by atoms with Gasteiger partial charge in [0, 0.05) is 4.90 Å². The molecule has 2 aromatic rings. The van der Waals surface area contributed by atoms with Crippen LogP contribution in [0.4, 0.5) is 0 Å². The van der Waals surface area contributed by atoms with E-state index in [1.165, 1.54) is 17.8 Å². The SMILES string of the molecule is NC(=O)c1ccccc1Sc1ccc(S(N)(=O)=O)s1. The van der Waals surface area contributed by atoms with E-state index in [4.69, 9.17) is 10.9 Å². The molecular weight excluding hydrogens is 304 g/mol. The van der Waals surface area contributed by atoms with E-state index in [2.05, 4.69) is 0 Å². The van der Waals surface area contributed by atoms with Gasteiger partial charge in [0.05, 0.1) is 9.77 Å². The molecule has 0 saturated carbocycles. The Morgan fingerprint density at radius 2 is 1.84 bits per heavy atom. The molecule has 0 aliphatic rings. The number of nitrogens with two attached hydrogens (primary N) is 2. The van der Waals surface area contributed by atoms with Crippen molar-refractivity contribution in [1.29, 1.82) is 0 Å². The highest BCUT2D eigenvalue weighted by atomic mass is 32.3. The van der Waals surface area contributed by atoms with Crippen LogP contribution in [0, 0.1) is 0 Å². The Labute approximate surface area is 118 Å². The predicted octanol–water partition coefficient (Wildman–Crippen LogP) is 1.65. The fourth-order valence-electron chi connectivity index (χ4n) is 1.38. The second-order valence-corrected chi connectivity index (χ2v) is 7.80. The summed E-state index contributed by atoms with van der Waals surface area (Å²) in [7, 11) is -3.69. The Kier molecular flexibility index (Phi) is 3.95. The molecule has 0 aliphatic heterocycles. The molecule has 0 unspecified atom stereocenters. The normalized spacial score (nSPS) is 11.4. The Bertz CT molecular complexity index is 722. The lowest BCUT2D eigenvalue weighted by Gasteiger charge is -2.03. The number of hydrogen-bond donors (Lipinski definition) is 2. The number of thiophene rings is 1. The quantitative estimate of drug-likeness (QED) is 0.895. The van der Waals surface area contributed by atoms with Crippen molar-refractivity contribution in [2.24, 2.45) is 10.9 Å². The Morgan fingerprint density at radius 3 is 2.42 bits per heavy atom. The van der Waals surface area contributed by atoms with Crippen molar-refractivity contribution in [2.75, 3.05) is 0 Å². The highest BCUT2D eigenvalue weighted by molar-refractivity contribution is 8.01. The topological polar surface area (TPSA) is 103 Å². The van der Waals surface area contributed by atoms with Gasteiger partial charge in [-0.3, -0.25) is 4.79 Å². The smallest absolute Gasteiger partial charge is 0.249 e. The minimum atomic E-state index is -3.69. The predicted molar refractivity (Wildman–Crippen MR) is 74.8 cm³/mol. The van der Waals surface area contributed by atoms with Crippen molar-refractivity contribution < 1.29 is 13.2 Å². The summed E-state index contributed by atoms with van der Waals surface area (Å²) in [6, 6.07) is 9.96. The molecule has 4 N–H and O–H groups in total. The second-order valence-electron chi connectivity index (χ2n) is 3.58. The van der Waals surface area contributed by atoms with Crippen LogP contribution in [0.5, 0.6) is 0 Å². The van der Waals surface area contributed by atoms with Crippen LogP contribution in [0.1, 0.15) is 10.4 Å². The second kappa shape index (κ2) is 5.33. The fraction of sp³-hybridized carbons (Fsp3) is 0. The number of benzene rings is 1. The lowest BCUT2D eigenvalue weighted by Crippen LogP contribution is -2.11. The lowest BCUT2D eigenvalue weighted by molar-refractivity contribution is 0.0997. The van der Waals surface area contributed by atoms with Gasteiger partial charge < -0.3 is 5.73 Å². The van der Waals surface area contributed by atoms with Gasteiger partial charge >= 0.3 is 0 Å². The third-order valence-electron chi connectivity index (χ3n) is 2.20. The maximum absolute atomic E-state index is 11.3. The summed E-state index contributed by atoms with van der Waals surface area (Å²) in [5, 5.41) is 5.04. The third-order valence-corrected chi connectivity index (χ3v) is 5.93. The van der Waals surface area contributed by atoms with E-state index < -0.39 is 15.9 Å². The molecule has 5 nitrogen and oxygen atoms in total. The first-order valence-corrected chi connectivity index (χ1v) is 8.25. The summed E-state index contributed by atoms with van der Waals surface area (Å²) in [5.41, 5.74) is 5.68. The zero-order valence-electron chi connectivity index (χ0n) is 9.57. The third kappa shape index (κ3) is 3.35.